The molecule has 8 heteroatoms. The van der Waals surface area contributed by atoms with E-state index >= 15 is 0 Å². The third kappa shape index (κ3) is 5.38. The van der Waals surface area contributed by atoms with E-state index in [-0.39, 0.29) is 18.4 Å². The number of aliphatic imine (C=N–C) groups is 1. The van der Waals surface area contributed by atoms with E-state index in [0.717, 1.165) is 24.9 Å². The maximum Gasteiger partial charge on any atom is 0.450 e. The van der Waals surface area contributed by atoms with E-state index in [1.165, 1.54) is 17.0 Å². The van der Waals surface area contributed by atoms with E-state index in [4.69, 9.17) is 4.74 Å². The second kappa shape index (κ2) is 8.34. The van der Waals surface area contributed by atoms with E-state index in [0.29, 0.717) is 13.2 Å². The summed E-state index contributed by atoms with van der Waals surface area (Å²) < 4.78 is 54.9. The largest absolute Gasteiger partial charge is 0.450 e. The molecular formula is C16H19F4N2O2+. The van der Waals surface area contributed by atoms with Crippen LogP contribution in [-0.2, 0) is 9.53 Å². The van der Waals surface area contributed by atoms with Gasteiger partial charge in [0.25, 0.3) is 0 Å². The Morgan fingerprint density at radius 1 is 1.25 bits per heavy atom. The lowest BCUT2D eigenvalue weighted by Crippen LogP contribution is -3.14. The van der Waals surface area contributed by atoms with Gasteiger partial charge >= 0.3 is 6.18 Å². The Hall–Kier alpha value is -1.80. The zero-order valence-electron chi connectivity index (χ0n) is 13.0. The summed E-state index contributed by atoms with van der Waals surface area (Å²) in [5, 5.41) is 0. The van der Waals surface area contributed by atoms with E-state index in [2.05, 4.69) is 4.99 Å². The van der Waals surface area contributed by atoms with Crippen molar-refractivity contribution in [2.24, 2.45) is 4.99 Å². The van der Waals surface area contributed by atoms with Crippen molar-refractivity contribution in [3.05, 3.63) is 35.6 Å². The summed E-state index contributed by atoms with van der Waals surface area (Å²) in [4.78, 5) is 16.0. The molecule has 0 amide bonds. The number of rotatable bonds is 6. The van der Waals surface area contributed by atoms with Gasteiger partial charge in [0.1, 0.15) is 24.9 Å². The number of morpholine rings is 1. The van der Waals surface area contributed by atoms with Crippen LogP contribution in [0.4, 0.5) is 17.6 Å². The molecule has 2 rings (SSSR count). The van der Waals surface area contributed by atoms with Gasteiger partial charge < -0.3 is 9.64 Å². The van der Waals surface area contributed by atoms with Crippen LogP contribution in [0.15, 0.2) is 29.3 Å². The molecule has 24 heavy (non-hydrogen) atoms. The molecule has 1 N–H and O–H groups in total. The smallest absolute Gasteiger partial charge is 0.370 e. The number of ketones is 1. The molecule has 0 spiro atoms. The van der Waals surface area contributed by atoms with Crippen LogP contribution >= 0.6 is 0 Å². The number of nitrogens with one attached hydrogen (secondary N) is 1. The van der Waals surface area contributed by atoms with Gasteiger partial charge in [-0.15, -0.1) is 0 Å². The van der Waals surface area contributed by atoms with Gasteiger partial charge in [0.15, 0.2) is 0 Å². The normalized spacial score (nSPS) is 18.0. The lowest BCUT2D eigenvalue weighted by atomic mass is 10.0. The minimum Gasteiger partial charge on any atom is -0.370 e. The number of carbonyl (C=O) groups excluding carboxylic acids is 1. The molecule has 1 aliphatic rings. The first-order valence-electron chi connectivity index (χ1n) is 7.64. The van der Waals surface area contributed by atoms with Crippen LogP contribution in [0.3, 0.4) is 0 Å². The van der Waals surface area contributed by atoms with Crippen LogP contribution in [-0.4, -0.2) is 51.0 Å². The highest BCUT2D eigenvalue weighted by atomic mass is 19.4. The van der Waals surface area contributed by atoms with Crippen molar-refractivity contribution in [3.63, 3.8) is 0 Å². The maximum atomic E-state index is 13.1. The van der Waals surface area contributed by atoms with Gasteiger partial charge in [0.2, 0.25) is 5.78 Å². The monoisotopic (exact) mass is 347 g/mol. The minimum atomic E-state index is -4.84. The summed E-state index contributed by atoms with van der Waals surface area (Å²) in [5.41, 5.74) is 0.854. The summed E-state index contributed by atoms with van der Waals surface area (Å²) in [6.45, 7) is 2.87. The van der Waals surface area contributed by atoms with Crippen molar-refractivity contribution < 1.29 is 32.0 Å². The molecule has 1 aromatic carbocycles. The number of carbonyl (C=O) groups is 1. The van der Waals surface area contributed by atoms with Crippen molar-refractivity contribution in [3.8, 4) is 0 Å². The van der Waals surface area contributed by atoms with E-state index in [9.17, 15) is 22.4 Å². The fourth-order valence-corrected chi connectivity index (χ4v) is 2.59. The minimum absolute atomic E-state index is 0.119. The molecular weight excluding hydrogens is 328 g/mol. The number of ether oxygens (including phenoxy) is 1. The summed E-state index contributed by atoms with van der Waals surface area (Å²) in [6, 6.07) is 5.88. The molecule has 1 heterocycles. The highest BCUT2D eigenvalue weighted by molar-refractivity contribution is 5.94. The van der Waals surface area contributed by atoms with Crippen molar-refractivity contribution in [2.75, 3.05) is 32.8 Å². The molecule has 1 aromatic rings. The molecule has 0 saturated carbocycles. The fraction of sp³-hybridized carbons (Fsp3) is 0.500. The number of alkyl halides is 3. The third-order valence-corrected chi connectivity index (χ3v) is 3.91. The van der Waals surface area contributed by atoms with E-state index in [1.54, 1.807) is 12.1 Å². The zero-order chi connectivity index (χ0) is 17.6. The summed E-state index contributed by atoms with van der Waals surface area (Å²) in [7, 11) is 0. The standard InChI is InChI=1S/C16H18F4N2O2/c17-13-3-1-12(2-4-13)14(22-7-9-24-10-8-22)11-21-6-5-15(23)16(18,19)20/h1-4,6,14H,5,7-11H2/p+1/t14-/m1/s1. The highest BCUT2D eigenvalue weighted by Crippen LogP contribution is 2.17. The Bertz CT molecular complexity index is 566. The number of benzene rings is 1. The Balaban J connectivity index is 2.03. The number of Topliss-reactive ketones (excluding diaryl/α,β-unsaturated/α-hetero) is 1. The number of hydrogen-bond acceptors (Lipinski definition) is 3. The second-order valence-electron chi connectivity index (χ2n) is 5.55. The summed E-state index contributed by atoms with van der Waals surface area (Å²) >= 11 is 0. The predicted octanol–water partition coefficient (Wildman–Crippen LogP) is 1.37. The second-order valence-corrected chi connectivity index (χ2v) is 5.55. The lowest BCUT2D eigenvalue weighted by molar-refractivity contribution is -0.937. The van der Waals surface area contributed by atoms with Gasteiger partial charge in [-0.05, 0) is 12.1 Å². The Labute approximate surface area is 137 Å². The first kappa shape index (κ1) is 18.5. The van der Waals surface area contributed by atoms with Gasteiger partial charge in [-0.25, -0.2) is 4.39 Å². The van der Waals surface area contributed by atoms with Gasteiger partial charge in [0.05, 0.1) is 26.2 Å². The maximum absolute atomic E-state index is 13.1. The molecule has 0 aliphatic carbocycles. The Morgan fingerprint density at radius 2 is 1.88 bits per heavy atom. The van der Waals surface area contributed by atoms with Crippen molar-refractivity contribution in [2.45, 2.75) is 18.6 Å². The molecule has 0 unspecified atom stereocenters. The van der Waals surface area contributed by atoms with Gasteiger partial charge in [-0.2, -0.15) is 13.2 Å². The van der Waals surface area contributed by atoms with Crippen molar-refractivity contribution in [1.82, 2.24) is 0 Å². The quantitative estimate of drug-likeness (QED) is 0.624. The molecule has 1 atom stereocenters. The number of hydrogen-bond donors (Lipinski definition) is 1. The topological polar surface area (TPSA) is 43.1 Å². The first-order chi connectivity index (χ1) is 11.4. The van der Waals surface area contributed by atoms with Crippen molar-refractivity contribution >= 4 is 12.0 Å². The SMILES string of the molecule is O=C(CC=NC[C@H](c1ccc(F)cc1)[NH+]1CCOCC1)C(F)(F)F. The molecule has 1 fully saturated rings. The predicted molar refractivity (Wildman–Crippen MR) is 79.7 cm³/mol. The molecule has 0 aromatic heterocycles. The molecule has 1 saturated heterocycles. The summed E-state index contributed by atoms with van der Waals surface area (Å²) in [6.07, 6.45) is -4.60. The molecule has 132 valence electrons. The number of halogens is 4. The van der Waals surface area contributed by atoms with E-state index < -0.39 is 18.4 Å². The number of quaternary nitrogens is 1. The molecule has 1 aliphatic heterocycles. The van der Waals surface area contributed by atoms with Crippen LogP contribution in [0, 0.1) is 5.82 Å². The number of nitrogens with zero attached hydrogens (tertiary/aromatic N) is 1. The van der Waals surface area contributed by atoms with Crippen LogP contribution in [0.2, 0.25) is 0 Å². The van der Waals surface area contributed by atoms with Crippen LogP contribution in [0.1, 0.15) is 18.0 Å². The van der Waals surface area contributed by atoms with Gasteiger partial charge in [-0.1, -0.05) is 12.1 Å². The van der Waals surface area contributed by atoms with Gasteiger partial charge in [0, 0.05) is 11.8 Å². The third-order valence-electron chi connectivity index (χ3n) is 3.91. The average Bonchev–Trinajstić information content (AvgIpc) is 2.56. The van der Waals surface area contributed by atoms with E-state index in [1.807, 2.05) is 0 Å². The van der Waals surface area contributed by atoms with Crippen molar-refractivity contribution in [1.29, 1.82) is 0 Å². The molecule has 0 bridgehead atoms. The average molecular weight is 347 g/mol. The van der Waals surface area contributed by atoms with Crippen LogP contribution in [0.25, 0.3) is 0 Å². The Morgan fingerprint density at radius 3 is 2.46 bits per heavy atom. The fourth-order valence-electron chi connectivity index (χ4n) is 2.59. The first-order valence-corrected chi connectivity index (χ1v) is 7.64. The highest BCUT2D eigenvalue weighted by Gasteiger charge is 2.37. The zero-order valence-corrected chi connectivity index (χ0v) is 13.0. The van der Waals surface area contributed by atoms with Gasteiger partial charge in [-0.3, -0.25) is 9.79 Å². The van der Waals surface area contributed by atoms with Crippen LogP contribution < -0.4 is 4.90 Å². The molecule has 4 nitrogen and oxygen atoms in total. The lowest BCUT2D eigenvalue weighted by Gasteiger charge is -2.31. The Kier molecular flexibility index (Phi) is 6.44. The molecule has 0 radical (unpaired) electrons. The summed E-state index contributed by atoms with van der Waals surface area (Å²) in [5.74, 6) is -2.17. The van der Waals surface area contributed by atoms with Crippen LogP contribution in [0.5, 0.6) is 0 Å².